The average molecular weight is 262 g/mol. The lowest BCUT2D eigenvalue weighted by Gasteiger charge is -2.11. The summed E-state index contributed by atoms with van der Waals surface area (Å²) in [5.74, 6) is 0. The van der Waals surface area contributed by atoms with Crippen LogP contribution in [0.1, 0.15) is 41.5 Å². The largest absolute Gasteiger partial charge is 0.594 e. The zero-order valence-electron chi connectivity index (χ0n) is 12.5. The van der Waals surface area contributed by atoms with Crippen LogP contribution in [-0.4, -0.2) is 15.9 Å². The lowest BCUT2D eigenvalue weighted by Crippen LogP contribution is -2.13. The van der Waals surface area contributed by atoms with Gasteiger partial charge in [0.1, 0.15) is 5.54 Å². The molecule has 1 aromatic rings. The van der Waals surface area contributed by atoms with E-state index in [9.17, 15) is 5.21 Å². The van der Waals surface area contributed by atoms with Gasteiger partial charge >= 0.3 is 0 Å². The van der Waals surface area contributed by atoms with E-state index < -0.39 is 5.54 Å². The molecule has 0 aliphatic rings. The Labute approximate surface area is 114 Å². The standard InChI is InChI=1S/C14H22N4O/c1-13(2,3)16-15-11-9-7-8-10-12(11)18(19)17-14(4,5)6/h7-10H,1-6H3. The van der Waals surface area contributed by atoms with Gasteiger partial charge in [-0.1, -0.05) is 17.0 Å². The lowest BCUT2D eigenvalue weighted by atomic mass is 10.1. The van der Waals surface area contributed by atoms with E-state index in [1.165, 1.54) is 0 Å². The molecule has 0 aliphatic heterocycles. The van der Waals surface area contributed by atoms with E-state index >= 15 is 0 Å². The van der Waals surface area contributed by atoms with Crippen molar-refractivity contribution in [3.63, 3.8) is 0 Å². The van der Waals surface area contributed by atoms with Crippen molar-refractivity contribution < 1.29 is 4.86 Å². The molecule has 0 radical (unpaired) electrons. The number of nitrogens with zero attached hydrogens (tertiary/aromatic N) is 4. The van der Waals surface area contributed by atoms with Crippen LogP contribution in [0.15, 0.2) is 39.6 Å². The van der Waals surface area contributed by atoms with Gasteiger partial charge in [-0.25, -0.2) is 0 Å². The maximum atomic E-state index is 12.1. The molecule has 0 aromatic heterocycles. The number of hydrogen-bond donors (Lipinski definition) is 0. The van der Waals surface area contributed by atoms with Crippen molar-refractivity contribution in [3.05, 3.63) is 29.5 Å². The Hall–Kier alpha value is -1.78. The van der Waals surface area contributed by atoms with E-state index in [0.717, 1.165) is 0 Å². The van der Waals surface area contributed by atoms with Crippen LogP contribution in [0.3, 0.4) is 0 Å². The second-order valence-corrected chi connectivity index (χ2v) is 6.40. The molecule has 19 heavy (non-hydrogen) atoms. The summed E-state index contributed by atoms with van der Waals surface area (Å²) in [6.45, 7) is 11.5. The molecule has 0 N–H and O–H groups in total. The quantitative estimate of drug-likeness (QED) is 0.422. The van der Waals surface area contributed by atoms with Gasteiger partial charge in [0.15, 0.2) is 5.69 Å². The van der Waals surface area contributed by atoms with Gasteiger partial charge < -0.3 is 5.21 Å². The van der Waals surface area contributed by atoms with Crippen LogP contribution in [0.5, 0.6) is 0 Å². The van der Waals surface area contributed by atoms with Gasteiger partial charge in [-0.3, -0.25) is 0 Å². The summed E-state index contributed by atoms with van der Waals surface area (Å²) in [6, 6.07) is 7.06. The minimum Gasteiger partial charge on any atom is -0.594 e. The normalized spacial score (nSPS) is 14.1. The van der Waals surface area contributed by atoms with Crippen molar-refractivity contribution >= 4 is 11.4 Å². The number of azo groups is 2. The first kappa shape index (κ1) is 15.3. The maximum Gasteiger partial charge on any atom is 0.271 e. The van der Waals surface area contributed by atoms with Crippen molar-refractivity contribution in [1.29, 1.82) is 0 Å². The van der Waals surface area contributed by atoms with Gasteiger partial charge in [0.2, 0.25) is 0 Å². The highest BCUT2D eigenvalue weighted by atomic mass is 16.5. The molecule has 5 heteroatoms. The molecule has 0 aliphatic carbocycles. The molecule has 0 fully saturated rings. The molecule has 0 atom stereocenters. The lowest BCUT2D eigenvalue weighted by molar-refractivity contribution is -0.448. The van der Waals surface area contributed by atoms with Crippen LogP contribution >= 0.6 is 0 Å². The third-order valence-corrected chi connectivity index (χ3v) is 1.94. The van der Waals surface area contributed by atoms with Crippen molar-refractivity contribution in [2.24, 2.45) is 15.3 Å². The van der Waals surface area contributed by atoms with Crippen LogP contribution in [0.4, 0.5) is 11.4 Å². The predicted molar refractivity (Wildman–Crippen MR) is 76.2 cm³/mol. The molecule has 0 spiro atoms. The van der Waals surface area contributed by atoms with Crippen molar-refractivity contribution in [3.8, 4) is 0 Å². The molecular weight excluding hydrogens is 240 g/mol. The second-order valence-electron chi connectivity index (χ2n) is 6.40. The first-order valence-electron chi connectivity index (χ1n) is 6.30. The monoisotopic (exact) mass is 262 g/mol. The summed E-state index contributed by atoms with van der Waals surface area (Å²) < 4.78 is 0. The maximum absolute atomic E-state index is 12.1. The van der Waals surface area contributed by atoms with Gasteiger partial charge in [-0.05, 0) is 52.7 Å². The molecule has 0 amide bonds. The van der Waals surface area contributed by atoms with Gasteiger partial charge in [-0.15, -0.1) is 5.11 Å². The molecule has 0 heterocycles. The van der Waals surface area contributed by atoms with Crippen LogP contribution in [-0.2, 0) is 0 Å². The highest BCUT2D eigenvalue weighted by Crippen LogP contribution is 2.29. The molecule has 1 rings (SSSR count). The Balaban J connectivity index is 3.17. The fourth-order valence-electron chi connectivity index (χ4n) is 1.24. The zero-order chi connectivity index (χ0) is 14.7. The third kappa shape index (κ3) is 5.59. The number of benzene rings is 1. The van der Waals surface area contributed by atoms with E-state index in [2.05, 4.69) is 15.3 Å². The first-order valence-corrected chi connectivity index (χ1v) is 6.30. The molecule has 5 nitrogen and oxygen atoms in total. The molecule has 0 unspecified atom stereocenters. The molecule has 0 bridgehead atoms. The summed E-state index contributed by atoms with van der Waals surface area (Å²) >= 11 is 0. The Morgan fingerprint density at radius 3 is 2.05 bits per heavy atom. The fourth-order valence-corrected chi connectivity index (χ4v) is 1.24. The number of rotatable bonds is 2. The average Bonchev–Trinajstić information content (AvgIpc) is 2.23. The van der Waals surface area contributed by atoms with E-state index in [1.807, 2.05) is 47.6 Å². The van der Waals surface area contributed by atoms with Gasteiger partial charge in [0.25, 0.3) is 5.69 Å². The summed E-state index contributed by atoms with van der Waals surface area (Å²) in [5, 5.41) is 24.5. The number of para-hydroxylation sites is 1. The minimum absolute atomic E-state index is 0.276. The Morgan fingerprint density at radius 2 is 1.53 bits per heavy atom. The molecule has 1 aromatic carbocycles. The van der Waals surface area contributed by atoms with Crippen LogP contribution in [0.2, 0.25) is 0 Å². The SMILES string of the molecule is CC(C)(C)N=Nc1ccccc1[N+]([O-])=NC(C)(C)C. The van der Waals surface area contributed by atoms with Gasteiger partial charge in [-0.2, -0.15) is 5.11 Å². The van der Waals surface area contributed by atoms with E-state index in [-0.39, 0.29) is 5.54 Å². The fraction of sp³-hybridized carbons (Fsp3) is 0.571. The Kier molecular flexibility index (Phi) is 4.39. The second kappa shape index (κ2) is 5.47. The van der Waals surface area contributed by atoms with Gasteiger partial charge in [0.05, 0.1) is 5.54 Å². The third-order valence-electron chi connectivity index (χ3n) is 1.94. The molecule has 0 saturated carbocycles. The minimum atomic E-state index is -0.434. The van der Waals surface area contributed by atoms with Gasteiger partial charge in [0, 0.05) is 6.07 Å². The van der Waals surface area contributed by atoms with E-state index in [4.69, 9.17) is 0 Å². The van der Waals surface area contributed by atoms with E-state index in [0.29, 0.717) is 16.2 Å². The first-order chi connectivity index (χ1) is 8.58. The van der Waals surface area contributed by atoms with Crippen molar-refractivity contribution in [2.75, 3.05) is 0 Å². The molecule has 104 valence electrons. The van der Waals surface area contributed by atoms with E-state index in [1.54, 1.807) is 18.2 Å². The van der Waals surface area contributed by atoms with Crippen molar-refractivity contribution in [1.82, 2.24) is 0 Å². The smallest absolute Gasteiger partial charge is 0.271 e. The predicted octanol–water partition coefficient (Wildman–Crippen LogP) is 4.96. The zero-order valence-corrected chi connectivity index (χ0v) is 12.5. The molecular formula is C14H22N4O. The van der Waals surface area contributed by atoms with Crippen molar-refractivity contribution in [2.45, 2.75) is 52.6 Å². The summed E-state index contributed by atoms with van der Waals surface area (Å²) in [6.07, 6.45) is 0. The molecule has 0 saturated heterocycles. The van der Waals surface area contributed by atoms with Crippen LogP contribution in [0, 0.1) is 5.21 Å². The summed E-state index contributed by atoms with van der Waals surface area (Å²) in [5.41, 5.74) is 0.226. The summed E-state index contributed by atoms with van der Waals surface area (Å²) in [7, 11) is 0. The number of hydrogen-bond acceptors (Lipinski definition) is 4. The highest BCUT2D eigenvalue weighted by Gasteiger charge is 2.17. The van der Waals surface area contributed by atoms with Crippen LogP contribution in [0.25, 0.3) is 0 Å². The Morgan fingerprint density at radius 1 is 0.947 bits per heavy atom. The Bertz CT molecular complexity index is 493. The summed E-state index contributed by atoms with van der Waals surface area (Å²) in [4.78, 5) is 0.622. The van der Waals surface area contributed by atoms with Crippen LogP contribution < -0.4 is 0 Å². The highest BCUT2D eigenvalue weighted by molar-refractivity contribution is 5.56. The topological polar surface area (TPSA) is 63.1 Å².